The first-order valence-electron chi connectivity index (χ1n) is 5.91. The van der Waals surface area contributed by atoms with Crippen molar-refractivity contribution in [3.8, 4) is 0 Å². The van der Waals surface area contributed by atoms with Gasteiger partial charge in [0.1, 0.15) is 0 Å². The van der Waals surface area contributed by atoms with E-state index in [1.165, 1.54) is 0 Å². The molecule has 1 aromatic heterocycles. The lowest BCUT2D eigenvalue weighted by molar-refractivity contribution is -0.385. The highest BCUT2D eigenvalue weighted by atomic mass is 79.9. The molecule has 1 aliphatic rings. The standard InChI is InChI=1S/C10H15BrN4O3/c11-9-8(15(17)18)10(13-4-1-2-5-13)14(12-9)6-3-7-16/h16H,1-7H2. The van der Waals surface area contributed by atoms with Gasteiger partial charge < -0.3 is 10.0 Å². The number of aromatic nitrogens is 2. The maximum absolute atomic E-state index is 11.1. The topological polar surface area (TPSA) is 84.4 Å². The normalized spacial score (nSPS) is 15.3. The molecule has 1 fully saturated rings. The number of nitro groups is 1. The van der Waals surface area contributed by atoms with E-state index in [2.05, 4.69) is 21.0 Å². The molecule has 0 bridgehead atoms. The minimum absolute atomic E-state index is 0.0230. The first-order valence-corrected chi connectivity index (χ1v) is 6.71. The number of rotatable bonds is 5. The number of hydrogen-bond acceptors (Lipinski definition) is 5. The van der Waals surface area contributed by atoms with Gasteiger partial charge >= 0.3 is 5.69 Å². The first kappa shape index (κ1) is 13.3. The van der Waals surface area contributed by atoms with Gasteiger partial charge in [-0.05, 0) is 35.2 Å². The highest BCUT2D eigenvalue weighted by molar-refractivity contribution is 9.10. The van der Waals surface area contributed by atoms with E-state index < -0.39 is 4.92 Å². The van der Waals surface area contributed by atoms with E-state index >= 15 is 0 Å². The Morgan fingerprint density at radius 2 is 2.11 bits per heavy atom. The molecule has 1 N–H and O–H groups in total. The predicted molar refractivity (Wildman–Crippen MR) is 69.7 cm³/mol. The molecule has 1 aliphatic heterocycles. The largest absolute Gasteiger partial charge is 0.396 e. The third-order valence-electron chi connectivity index (χ3n) is 2.98. The van der Waals surface area contributed by atoms with Gasteiger partial charge in [-0.3, -0.25) is 10.1 Å². The maximum Gasteiger partial charge on any atom is 0.345 e. The van der Waals surface area contributed by atoms with E-state index in [0.29, 0.717) is 18.8 Å². The molecule has 0 saturated carbocycles. The van der Waals surface area contributed by atoms with Crippen LogP contribution in [-0.2, 0) is 6.54 Å². The van der Waals surface area contributed by atoms with Crippen molar-refractivity contribution in [3.63, 3.8) is 0 Å². The van der Waals surface area contributed by atoms with Gasteiger partial charge in [0.25, 0.3) is 0 Å². The SMILES string of the molecule is O=[N+]([O-])c1c(Br)nn(CCCO)c1N1CCCC1. The molecule has 7 nitrogen and oxygen atoms in total. The van der Waals surface area contributed by atoms with Crippen LogP contribution in [0, 0.1) is 10.1 Å². The van der Waals surface area contributed by atoms with E-state index in [9.17, 15) is 10.1 Å². The van der Waals surface area contributed by atoms with Crippen molar-refractivity contribution < 1.29 is 10.0 Å². The van der Waals surface area contributed by atoms with Gasteiger partial charge in [0.15, 0.2) is 0 Å². The number of anilines is 1. The van der Waals surface area contributed by atoms with Gasteiger partial charge in [0.05, 0.1) is 4.92 Å². The smallest absolute Gasteiger partial charge is 0.345 e. The molecule has 2 heterocycles. The number of aliphatic hydroxyl groups is 1. The van der Waals surface area contributed by atoms with Gasteiger partial charge in [0.2, 0.25) is 10.4 Å². The van der Waals surface area contributed by atoms with Crippen LogP contribution in [0.3, 0.4) is 0 Å². The summed E-state index contributed by atoms with van der Waals surface area (Å²) in [5.74, 6) is 0.554. The fourth-order valence-corrected chi connectivity index (χ4v) is 2.70. The van der Waals surface area contributed by atoms with Gasteiger partial charge in [-0.1, -0.05) is 0 Å². The summed E-state index contributed by atoms with van der Waals surface area (Å²) in [4.78, 5) is 12.7. The molecule has 0 spiro atoms. The zero-order valence-electron chi connectivity index (χ0n) is 9.88. The third kappa shape index (κ3) is 2.49. The van der Waals surface area contributed by atoms with Crippen LogP contribution in [-0.4, -0.2) is 39.5 Å². The minimum atomic E-state index is -0.403. The second-order valence-electron chi connectivity index (χ2n) is 4.21. The highest BCUT2D eigenvalue weighted by Gasteiger charge is 2.31. The van der Waals surface area contributed by atoms with Crippen LogP contribution in [0.1, 0.15) is 19.3 Å². The minimum Gasteiger partial charge on any atom is -0.396 e. The third-order valence-corrected chi connectivity index (χ3v) is 3.51. The van der Waals surface area contributed by atoms with Crippen molar-refractivity contribution in [2.24, 2.45) is 0 Å². The van der Waals surface area contributed by atoms with E-state index in [4.69, 9.17) is 5.11 Å². The average molecular weight is 319 g/mol. The molecule has 0 aliphatic carbocycles. The Labute approximate surface area is 113 Å². The highest BCUT2D eigenvalue weighted by Crippen LogP contribution is 2.36. The van der Waals surface area contributed by atoms with Crippen LogP contribution >= 0.6 is 15.9 Å². The monoisotopic (exact) mass is 318 g/mol. The van der Waals surface area contributed by atoms with Crippen LogP contribution in [0.25, 0.3) is 0 Å². The molecule has 100 valence electrons. The summed E-state index contributed by atoms with van der Waals surface area (Å²) in [7, 11) is 0. The molecular formula is C10H15BrN4O3. The van der Waals surface area contributed by atoms with Crippen molar-refractivity contribution in [3.05, 3.63) is 14.7 Å². The van der Waals surface area contributed by atoms with Crippen molar-refractivity contribution in [1.82, 2.24) is 9.78 Å². The molecule has 18 heavy (non-hydrogen) atoms. The number of aryl methyl sites for hydroxylation is 1. The van der Waals surface area contributed by atoms with E-state index in [0.717, 1.165) is 25.9 Å². The summed E-state index contributed by atoms with van der Waals surface area (Å²) < 4.78 is 1.87. The van der Waals surface area contributed by atoms with E-state index in [-0.39, 0.29) is 16.9 Å². The van der Waals surface area contributed by atoms with Gasteiger partial charge in [0, 0.05) is 26.2 Å². The van der Waals surface area contributed by atoms with Crippen molar-refractivity contribution in [1.29, 1.82) is 0 Å². The molecule has 1 saturated heterocycles. The summed E-state index contributed by atoms with van der Waals surface area (Å²) in [5.41, 5.74) is 0.0230. The Hall–Kier alpha value is -1.15. The lowest BCUT2D eigenvalue weighted by Crippen LogP contribution is -2.23. The Kier molecular flexibility index (Phi) is 4.18. The zero-order valence-corrected chi connectivity index (χ0v) is 11.5. The molecule has 0 unspecified atom stereocenters. The van der Waals surface area contributed by atoms with Gasteiger partial charge in [-0.15, -0.1) is 0 Å². The van der Waals surface area contributed by atoms with E-state index in [1.54, 1.807) is 4.68 Å². The Balaban J connectivity index is 2.39. The predicted octanol–water partition coefficient (Wildman–Crippen LogP) is 1.54. The maximum atomic E-state index is 11.1. The molecule has 0 aromatic carbocycles. The number of aliphatic hydroxyl groups excluding tert-OH is 1. The first-order chi connectivity index (χ1) is 8.65. The molecule has 2 rings (SSSR count). The van der Waals surface area contributed by atoms with E-state index in [1.807, 2.05) is 4.90 Å². The molecule has 1 aromatic rings. The van der Waals surface area contributed by atoms with Crippen molar-refractivity contribution in [2.45, 2.75) is 25.8 Å². The Morgan fingerprint density at radius 1 is 1.44 bits per heavy atom. The van der Waals surface area contributed by atoms with Crippen molar-refractivity contribution in [2.75, 3.05) is 24.6 Å². The second-order valence-corrected chi connectivity index (χ2v) is 4.97. The fourth-order valence-electron chi connectivity index (χ4n) is 2.19. The molecule has 0 amide bonds. The number of halogens is 1. The number of hydrogen-bond donors (Lipinski definition) is 1. The lowest BCUT2D eigenvalue weighted by atomic mass is 10.4. The second kappa shape index (κ2) is 5.66. The van der Waals surface area contributed by atoms with Crippen LogP contribution in [0.5, 0.6) is 0 Å². The summed E-state index contributed by atoms with van der Waals surface area (Å²) in [6, 6.07) is 0. The Bertz CT molecular complexity index is 443. The summed E-state index contributed by atoms with van der Waals surface area (Å²) in [5, 5.41) is 24.2. The Morgan fingerprint density at radius 3 is 2.67 bits per heavy atom. The van der Waals surface area contributed by atoms with Crippen LogP contribution in [0.15, 0.2) is 4.60 Å². The van der Waals surface area contributed by atoms with Gasteiger partial charge in [-0.25, -0.2) is 4.68 Å². The van der Waals surface area contributed by atoms with Crippen LogP contribution < -0.4 is 4.90 Å². The molecule has 0 radical (unpaired) electrons. The average Bonchev–Trinajstić information content (AvgIpc) is 2.92. The molecule has 8 heteroatoms. The van der Waals surface area contributed by atoms with Crippen LogP contribution in [0.4, 0.5) is 11.5 Å². The molecular weight excluding hydrogens is 304 g/mol. The summed E-state index contributed by atoms with van der Waals surface area (Å²) in [6.07, 6.45) is 2.62. The fraction of sp³-hybridized carbons (Fsp3) is 0.700. The van der Waals surface area contributed by atoms with Crippen molar-refractivity contribution >= 4 is 27.4 Å². The summed E-state index contributed by atoms with van der Waals surface area (Å²) >= 11 is 3.14. The summed E-state index contributed by atoms with van der Waals surface area (Å²) in [6.45, 7) is 2.16. The lowest BCUT2D eigenvalue weighted by Gasteiger charge is -2.17. The number of nitrogens with zero attached hydrogens (tertiary/aromatic N) is 4. The quantitative estimate of drug-likeness (QED) is 0.657. The van der Waals surface area contributed by atoms with Crippen LogP contribution in [0.2, 0.25) is 0 Å². The zero-order chi connectivity index (χ0) is 13.1. The molecule has 0 atom stereocenters. The van der Waals surface area contributed by atoms with Gasteiger partial charge in [-0.2, -0.15) is 5.10 Å².